The third-order valence-corrected chi connectivity index (χ3v) is 1.84. The lowest BCUT2D eigenvalue weighted by atomic mass is 10.3. The zero-order valence-corrected chi connectivity index (χ0v) is 9.19. The van der Waals surface area contributed by atoms with Gasteiger partial charge in [-0.15, -0.1) is 0 Å². The van der Waals surface area contributed by atoms with Crippen molar-refractivity contribution < 1.29 is 9.53 Å². The lowest BCUT2D eigenvalue weighted by molar-refractivity contribution is -0.108. The number of hydrogen-bond acceptors (Lipinski definition) is 4. The van der Waals surface area contributed by atoms with Gasteiger partial charge in [-0.05, 0) is 6.72 Å². The van der Waals surface area contributed by atoms with Gasteiger partial charge < -0.3 is 15.0 Å². The molecular formula is C10H17N3O2. The molecule has 0 aliphatic heterocycles. The molecule has 0 aromatic rings. The van der Waals surface area contributed by atoms with Crippen molar-refractivity contribution in [2.24, 2.45) is 4.99 Å². The summed E-state index contributed by atoms with van der Waals surface area (Å²) in [6, 6.07) is 0. The van der Waals surface area contributed by atoms with E-state index < -0.39 is 0 Å². The summed E-state index contributed by atoms with van der Waals surface area (Å²) in [5.41, 5.74) is 1.19. The molecule has 0 saturated heterocycles. The van der Waals surface area contributed by atoms with Crippen LogP contribution in [0, 0.1) is 0 Å². The molecule has 0 aromatic carbocycles. The maximum atomic E-state index is 10.3. The summed E-state index contributed by atoms with van der Waals surface area (Å²) >= 11 is 0. The first-order valence-corrected chi connectivity index (χ1v) is 4.43. The van der Waals surface area contributed by atoms with E-state index in [1.54, 1.807) is 7.11 Å². The molecular weight excluding hydrogens is 194 g/mol. The predicted molar refractivity (Wildman–Crippen MR) is 60.5 cm³/mol. The van der Waals surface area contributed by atoms with Gasteiger partial charge in [-0.2, -0.15) is 0 Å². The number of hydrogen-bond donors (Lipinski definition) is 1. The molecule has 0 bridgehead atoms. The molecule has 1 N–H and O–H groups in total. The Morgan fingerprint density at radius 3 is 2.80 bits per heavy atom. The van der Waals surface area contributed by atoms with Gasteiger partial charge in [-0.1, -0.05) is 6.58 Å². The van der Waals surface area contributed by atoms with Gasteiger partial charge in [-0.3, -0.25) is 9.79 Å². The van der Waals surface area contributed by atoms with Crippen LogP contribution < -0.4 is 5.32 Å². The fourth-order valence-corrected chi connectivity index (χ4v) is 0.919. The maximum Gasteiger partial charge on any atom is 0.211 e. The summed E-state index contributed by atoms with van der Waals surface area (Å²) in [6.45, 7) is 8.43. The van der Waals surface area contributed by atoms with E-state index in [9.17, 15) is 4.79 Å². The zero-order valence-electron chi connectivity index (χ0n) is 9.19. The minimum absolute atomic E-state index is 0.526. The Morgan fingerprint density at radius 2 is 2.33 bits per heavy atom. The SMILES string of the molecule is C=N/C=C(/NC=O)C(=C)N(C)CCOC. The first kappa shape index (κ1) is 13.4. The van der Waals surface area contributed by atoms with Crippen molar-refractivity contribution in [2.45, 2.75) is 0 Å². The molecule has 5 heteroatoms. The number of likely N-dealkylation sites (N-methyl/N-ethyl adjacent to an activating group) is 1. The first-order valence-electron chi connectivity index (χ1n) is 4.43. The molecule has 84 valence electrons. The van der Waals surface area contributed by atoms with Crippen LogP contribution in [0.5, 0.6) is 0 Å². The van der Waals surface area contributed by atoms with Gasteiger partial charge >= 0.3 is 0 Å². The highest BCUT2D eigenvalue weighted by atomic mass is 16.5. The average Bonchev–Trinajstić information content (AvgIpc) is 2.24. The van der Waals surface area contributed by atoms with E-state index in [0.717, 1.165) is 0 Å². The van der Waals surface area contributed by atoms with E-state index >= 15 is 0 Å². The van der Waals surface area contributed by atoms with Gasteiger partial charge in [-0.25, -0.2) is 0 Å². The number of amides is 1. The van der Waals surface area contributed by atoms with Crippen molar-refractivity contribution in [1.29, 1.82) is 0 Å². The van der Waals surface area contributed by atoms with Crippen molar-refractivity contribution in [3.63, 3.8) is 0 Å². The Labute approximate surface area is 90.1 Å². The second kappa shape index (κ2) is 7.75. The molecule has 0 aliphatic carbocycles. The van der Waals surface area contributed by atoms with Crippen molar-refractivity contribution in [3.8, 4) is 0 Å². The molecule has 0 spiro atoms. The minimum atomic E-state index is 0.526. The molecule has 0 radical (unpaired) electrons. The van der Waals surface area contributed by atoms with Crippen LogP contribution in [-0.2, 0) is 9.53 Å². The van der Waals surface area contributed by atoms with E-state index in [0.29, 0.717) is 31.0 Å². The molecule has 0 heterocycles. The Balaban J connectivity index is 4.41. The minimum Gasteiger partial charge on any atom is -0.383 e. The Bertz CT molecular complexity index is 261. The number of carbonyl (C=O) groups excluding carboxylic acids is 1. The highest BCUT2D eigenvalue weighted by Crippen LogP contribution is 2.07. The van der Waals surface area contributed by atoms with Crippen molar-refractivity contribution in [3.05, 3.63) is 24.2 Å². The molecule has 1 amide bonds. The molecule has 0 fully saturated rings. The van der Waals surface area contributed by atoms with E-state index in [2.05, 4.69) is 23.6 Å². The Morgan fingerprint density at radius 1 is 1.67 bits per heavy atom. The number of aliphatic imine (C=N–C) groups is 1. The fourth-order valence-electron chi connectivity index (χ4n) is 0.919. The number of methoxy groups -OCH3 is 1. The van der Waals surface area contributed by atoms with E-state index in [1.165, 1.54) is 6.20 Å². The zero-order chi connectivity index (χ0) is 11.7. The van der Waals surface area contributed by atoms with Crippen LogP contribution in [0.25, 0.3) is 0 Å². The smallest absolute Gasteiger partial charge is 0.211 e. The largest absolute Gasteiger partial charge is 0.383 e. The van der Waals surface area contributed by atoms with Gasteiger partial charge in [0.05, 0.1) is 24.2 Å². The monoisotopic (exact) mass is 211 g/mol. The Hall–Kier alpha value is -1.62. The lowest BCUT2D eigenvalue weighted by Gasteiger charge is -2.22. The van der Waals surface area contributed by atoms with E-state index in [1.807, 2.05) is 11.9 Å². The molecule has 0 aliphatic rings. The molecule has 15 heavy (non-hydrogen) atoms. The first-order chi connectivity index (χ1) is 7.17. The van der Waals surface area contributed by atoms with Crippen LogP contribution in [0.4, 0.5) is 0 Å². The van der Waals surface area contributed by atoms with Crippen LogP contribution >= 0.6 is 0 Å². The van der Waals surface area contributed by atoms with Crippen LogP contribution in [0.3, 0.4) is 0 Å². The van der Waals surface area contributed by atoms with Gasteiger partial charge in [0.2, 0.25) is 6.41 Å². The molecule has 0 saturated carbocycles. The highest BCUT2D eigenvalue weighted by molar-refractivity contribution is 5.53. The standard InChI is InChI=1S/C10H17N3O2/c1-9(13(3)5-6-15-4)10(7-11-2)12-8-14/h7-8H,1-2,5-6H2,3-4H3,(H,12,14)/b10-7+. The maximum absolute atomic E-state index is 10.3. The van der Waals surface area contributed by atoms with E-state index in [-0.39, 0.29) is 0 Å². The number of rotatable bonds is 8. The summed E-state index contributed by atoms with van der Waals surface area (Å²) in [5.74, 6) is 0. The fraction of sp³-hybridized carbons (Fsp3) is 0.400. The third-order valence-electron chi connectivity index (χ3n) is 1.84. The summed E-state index contributed by atoms with van der Waals surface area (Å²) in [4.78, 5) is 15.8. The van der Waals surface area contributed by atoms with Gasteiger partial charge in [0.15, 0.2) is 0 Å². The second-order valence-electron chi connectivity index (χ2n) is 2.85. The van der Waals surface area contributed by atoms with Gasteiger partial charge in [0.25, 0.3) is 0 Å². The molecule has 0 atom stereocenters. The molecule has 0 rings (SSSR count). The van der Waals surface area contributed by atoms with Crippen molar-refractivity contribution in [1.82, 2.24) is 10.2 Å². The number of nitrogens with zero attached hydrogens (tertiary/aromatic N) is 2. The predicted octanol–water partition coefficient (Wildman–Crippen LogP) is 0.366. The highest BCUT2D eigenvalue weighted by Gasteiger charge is 2.06. The topological polar surface area (TPSA) is 53.9 Å². The summed E-state index contributed by atoms with van der Waals surface area (Å²) < 4.78 is 4.93. The van der Waals surface area contributed by atoms with Crippen molar-refractivity contribution in [2.75, 3.05) is 27.3 Å². The van der Waals surface area contributed by atoms with Gasteiger partial charge in [0.1, 0.15) is 0 Å². The molecule has 0 aromatic heterocycles. The van der Waals surface area contributed by atoms with Crippen LogP contribution in [-0.4, -0.2) is 45.3 Å². The molecule has 0 unspecified atom stereocenters. The number of carbonyl (C=O) groups is 1. The summed E-state index contributed by atoms with van der Waals surface area (Å²) in [5, 5.41) is 2.51. The quantitative estimate of drug-likeness (QED) is 0.358. The average molecular weight is 211 g/mol. The van der Waals surface area contributed by atoms with Crippen LogP contribution in [0.2, 0.25) is 0 Å². The van der Waals surface area contributed by atoms with Crippen LogP contribution in [0.15, 0.2) is 29.2 Å². The van der Waals surface area contributed by atoms with Crippen LogP contribution in [0.1, 0.15) is 0 Å². The third kappa shape index (κ3) is 4.97. The lowest BCUT2D eigenvalue weighted by Crippen LogP contribution is -2.27. The number of nitrogens with one attached hydrogen (secondary N) is 1. The summed E-state index contributed by atoms with van der Waals surface area (Å²) in [7, 11) is 3.48. The summed E-state index contributed by atoms with van der Waals surface area (Å²) in [6.07, 6.45) is 2.02. The normalized spacial score (nSPS) is 10.7. The van der Waals surface area contributed by atoms with Gasteiger partial charge in [0, 0.05) is 20.7 Å². The Kier molecular flexibility index (Phi) is 6.92. The van der Waals surface area contributed by atoms with Crippen molar-refractivity contribution >= 4 is 13.1 Å². The molecule has 5 nitrogen and oxygen atoms in total. The number of ether oxygens (including phenoxy) is 1. The van der Waals surface area contributed by atoms with E-state index in [4.69, 9.17) is 4.74 Å². The second-order valence-corrected chi connectivity index (χ2v) is 2.85.